The Morgan fingerprint density at radius 1 is 0.808 bits per heavy atom. The van der Waals surface area contributed by atoms with Crippen LogP contribution in [0.4, 0.5) is 0 Å². The van der Waals surface area contributed by atoms with Crippen molar-refractivity contribution in [1.29, 1.82) is 0 Å². The highest BCUT2D eigenvalue weighted by atomic mass is 16.4. The fourth-order valence-electron chi connectivity index (χ4n) is 3.58. The van der Waals surface area contributed by atoms with E-state index in [2.05, 4.69) is 6.92 Å². The molecule has 0 saturated heterocycles. The number of unbranched alkanes of at least 4 members (excludes halogenated alkanes) is 13. The lowest BCUT2D eigenvalue weighted by atomic mass is 9.82. The van der Waals surface area contributed by atoms with Crippen molar-refractivity contribution in [2.24, 2.45) is 11.3 Å². The third kappa shape index (κ3) is 15.4. The molecule has 0 bridgehead atoms. The van der Waals surface area contributed by atoms with E-state index >= 15 is 0 Å². The highest BCUT2D eigenvalue weighted by Gasteiger charge is 2.26. The van der Waals surface area contributed by atoms with Crippen molar-refractivity contribution < 1.29 is 14.7 Å². The van der Waals surface area contributed by atoms with Gasteiger partial charge < -0.3 is 9.90 Å². The van der Waals surface area contributed by atoms with Gasteiger partial charge in [-0.15, -0.1) is 0 Å². The van der Waals surface area contributed by atoms with Crippen LogP contribution >= 0.6 is 0 Å². The fourth-order valence-corrected chi connectivity index (χ4v) is 3.58. The van der Waals surface area contributed by atoms with Gasteiger partial charge in [0.2, 0.25) is 0 Å². The molecule has 1 unspecified atom stereocenters. The summed E-state index contributed by atoms with van der Waals surface area (Å²) in [5.74, 6) is -1.14. The Labute approximate surface area is 162 Å². The maximum atomic E-state index is 11.3. The number of hydrogen-bond donors (Lipinski definition) is 1. The van der Waals surface area contributed by atoms with Crippen molar-refractivity contribution in [3.05, 3.63) is 0 Å². The number of carbonyl (C=O) groups excluding carboxylic acids is 1. The second-order valence-corrected chi connectivity index (χ2v) is 8.73. The summed E-state index contributed by atoms with van der Waals surface area (Å²) in [6.45, 7) is 5.90. The number of carboxylic acids is 1. The molecule has 154 valence electrons. The largest absolute Gasteiger partial charge is 0.481 e. The molecule has 0 radical (unpaired) electrons. The molecule has 0 aliphatic heterocycles. The summed E-state index contributed by atoms with van der Waals surface area (Å²) in [5, 5.41) is 9.32. The van der Waals surface area contributed by atoms with Gasteiger partial charge in [0.1, 0.15) is 6.29 Å². The van der Waals surface area contributed by atoms with Crippen LogP contribution in [0, 0.1) is 11.3 Å². The minimum absolute atomic E-state index is 0.382. The van der Waals surface area contributed by atoms with Gasteiger partial charge in [-0.25, -0.2) is 0 Å². The van der Waals surface area contributed by atoms with Crippen LogP contribution in [0.3, 0.4) is 0 Å². The highest BCUT2D eigenvalue weighted by molar-refractivity contribution is 5.71. The molecule has 0 aromatic carbocycles. The molecule has 0 saturated carbocycles. The monoisotopic (exact) mass is 368 g/mol. The van der Waals surface area contributed by atoms with Crippen LogP contribution in [0.15, 0.2) is 0 Å². The molecule has 0 rings (SSSR count). The molecular weight excluding hydrogens is 324 g/mol. The molecule has 0 aliphatic carbocycles. The highest BCUT2D eigenvalue weighted by Crippen LogP contribution is 2.27. The van der Waals surface area contributed by atoms with Gasteiger partial charge >= 0.3 is 5.97 Å². The predicted octanol–water partition coefficient (Wildman–Crippen LogP) is 7.17. The number of aliphatic carboxylic acids is 1. The first-order valence-corrected chi connectivity index (χ1v) is 11.1. The van der Waals surface area contributed by atoms with E-state index in [4.69, 9.17) is 0 Å². The standard InChI is InChI=1S/C23H44O3/c1-4-5-6-7-8-9-10-11-12-13-14-15-16-17-18-21(22(25)26)19-23(2,3)20-24/h20-21H,4-19H2,1-3H3,(H,25,26). The van der Waals surface area contributed by atoms with Crippen molar-refractivity contribution in [3.63, 3.8) is 0 Å². The van der Waals surface area contributed by atoms with Crippen LogP contribution in [0.25, 0.3) is 0 Å². The molecule has 3 heteroatoms. The Bertz CT molecular complexity index is 349. The van der Waals surface area contributed by atoms with E-state index in [1.165, 1.54) is 77.0 Å². The van der Waals surface area contributed by atoms with Crippen LogP contribution < -0.4 is 0 Å². The van der Waals surface area contributed by atoms with Crippen LogP contribution in [0.2, 0.25) is 0 Å². The summed E-state index contributed by atoms with van der Waals surface area (Å²) >= 11 is 0. The smallest absolute Gasteiger partial charge is 0.306 e. The molecule has 0 aliphatic rings. The van der Waals surface area contributed by atoms with E-state index in [9.17, 15) is 14.7 Å². The average Bonchev–Trinajstić information content (AvgIpc) is 2.60. The molecule has 3 nitrogen and oxygen atoms in total. The normalized spacial score (nSPS) is 12.9. The molecule has 0 amide bonds. The summed E-state index contributed by atoms with van der Waals surface area (Å²) in [6.07, 6.45) is 20.4. The second kappa shape index (κ2) is 16.3. The van der Waals surface area contributed by atoms with E-state index in [1.807, 2.05) is 13.8 Å². The molecule has 0 aromatic rings. The van der Waals surface area contributed by atoms with Gasteiger partial charge in [0.25, 0.3) is 0 Å². The zero-order valence-electron chi connectivity index (χ0n) is 17.7. The predicted molar refractivity (Wildman–Crippen MR) is 111 cm³/mol. The molecule has 1 N–H and O–H groups in total. The molecule has 0 spiro atoms. The van der Waals surface area contributed by atoms with Crippen molar-refractivity contribution in [3.8, 4) is 0 Å². The van der Waals surface area contributed by atoms with E-state index in [1.54, 1.807) is 0 Å². The second-order valence-electron chi connectivity index (χ2n) is 8.73. The van der Waals surface area contributed by atoms with Gasteiger partial charge in [-0.2, -0.15) is 0 Å². The molecular formula is C23H44O3. The Morgan fingerprint density at radius 3 is 1.54 bits per heavy atom. The quantitative estimate of drug-likeness (QED) is 0.194. The van der Waals surface area contributed by atoms with Crippen molar-refractivity contribution in [1.82, 2.24) is 0 Å². The summed E-state index contributed by atoms with van der Waals surface area (Å²) in [5.41, 5.74) is -0.529. The Hall–Kier alpha value is -0.860. The zero-order chi connectivity index (χ0) is 19.7. The number of aldehydes is 1. The Balaban J connectivity index is 3.48. The van der Waals surface area contributed by atoms with Crippen LogP contribution in [-0.2, 0) is 9.59 Å². The van der Waals surface area contributed by atoms with Crippen molar-refractivity contribution in [2.45, 2.75) is 124 Å². The fraction of sp³-hybridized carbons (Fsp3) is 0.913. The molecule has 1 atom stereocenters. The third-order valence-electron chi connectivity index (χ3n) is 5.35. The average molecular weight is 369 g/mol. The van der Waals surface area contributed by atoms with Gasteiger partial charge in [-0.3, -0.25) is 4.79 Å². The van der Waals surface area contributed by atoms with Crippen LogP contribution in [-0.4, -0.2) is 17.4 Å². The van der Waals surface area contributed by atoms with E-state index < -0.39 is 11.4 Å². The minimum Gasteiger partial charge on any atom is -0.481 e. The van der Waals surface area contributed by atoms with Gasteiger partial charge in [-0.05, 0) is 12.8 Å². The maximum Gasteiger partial charge on any atom is 0.306 e. The lowest BCUT2D eigenvalue weighted by Gasteiger charge is -2.21. The maximum absolute atomic E-state index is 11.3. The number of rotatable bonds is 19. The van der Waals surface area contributed by atoms with Gasteiger partial charge in [0.15, 0.2) is 0 Å². The third-order valence-corrected chi connectivity index (χ3v) is 5.35. The summed E-state index contributed by atoms with van der Waals surface area (Å²) < 4.78 is 0. The Kier molecular flexibility index (Phi) is 15.8. The first-order chi connectivity index (χ1) is 12.4. The molecule has 0 aromatic heterocycles. The van der Waals surface area contributed by atoms with E-state index in [0.29, 0.717) is 12.8 Å². The molecule has 26 heavy (non-hydrogen) atoms. The topological polar surface area (TPSA) is 54.4 Å². The lowest BCUT2D eigenvalue weighted by Crippen LogP contribution is -2.24. The van der Waals surface area contributed by atoms with E-state index in [0.717, 1.165) is 19.1 Å². The minimum atomic E-state index is -0.755. The SMILES string of the molecule is CCCCCCCCCCCCCCCCC(CC(C)(C)C=O)C(=O)O. The lowest BCUT2D eigenvalue weighted by molar-refractivity contribution is -0.143. The zero-order valence-corrected chi connectivity index (χ0v) is 17.7. The van der Waals surface area contributed by atoms with Gasteiger partial charge in [0, 0.05) is 5.41 Å². The molecule has 0 heterocycles. The van der Waals surface area contributed by atoms with E-state index in [-0.39, 0.29) is 5.92 Å². The number of carboxylic acid groups (broad SMARTS) is 1. The number of carbonyl (C=O) groups is 2. The van der Waals surface area contributed by atoms with Crippen molar-refractivity contribution in [2.75, 3.05) is 0 Å². The summed E-state index contributed by atoms with van der Waals surface area (Å²) in [7, 11) is 0. The number of hydrogen-bond acceptors (Lipinski definition) is 2. The van der Waals surface area contributed by atoms with Crippen LogP contribution in [0.1, 0.15) is 124 Å². The van der Waals surface area contributed by atoms with Crippen molar-refractivity contribution >= 4 is 12.3 Å². The Morgan fingerprint density at radius 2 is 1.19 bits per heavy atom. The summed E-state index contributed by atoms with van der Waals surface area (Å²) in [4.78, 5) is 22.3. The van der Waals surface area contributed by atoms with Gasteiger partial charge in [0.05, 0.1) is 5.92 Å². The summed E-state index contributed by atoms with van der Waals surface area (Å²) in [6, 6.07) is 0. The molecule has 0 fully saturated rings. The van der Waals surface area contributed by atoms with Gasteiger partial charge in [-0.1, -0.05) is 111 Å². The van der Waals surface area contributed by atoms with Crippen LogP contribution in [0.5, 0.6) is 0 Å². The first kappa shape index (κ1) is 25.1. The first-order valence-electron chi connectivity index (χ1n) is 11.1.